The minimum atomic E-state index is -1.61. The molecule has 2 amide bonds. The Morgan fingerprint density at radius 3 is 2.54 bits per heavy atom. The zero-order valence-corrected chi connectivity index (χ0v) is 20.6. The fourth-order valence-electron chi connectivity index (χ4n) is 3.34. The second kappa shape index (κ2) is 12.0. The molecule has 1 aromatic carbocycles. The fourth-order valence-corrected chi connectivity index (χ4v) is 3.34. The number of nitrogens with zero attached hydrogens (tertiary/aromatic N) is 2. The standard InChI is InChI=1S/C20H23N7O7.Ca/c21-20(8-23-16-15(27(20)10-28)18(32)25-9-24-16)7-22-12-3-1-11(2-4-12)17(31)26-13(19(33)34)5-6-14(29)30;/h1-4,9-10,13,22H,5-8,21H2,(H,26,31)(H,29,30)(H,33,34)(H2,23,24,25,32);/q;+2/p-2/t13-,20-;/m0./s1. The Labute approximate surface area is 228 Å². The van der Waals surface area contributed by atoms with Crippen molar-refractivity contribution in [2.45, 2.75) is 24.5 Å². The summed E-state index contributed by atoms with van der Waals surface area (Å²) in [6.07, 6.45) is 0.716. The van der Waals surface area contributed by atoms with E-state index in [9.17, 15) is 34.2 Å². The minimum Gasteiger partial charge on any atom is -0.550 e. The molecule has 1 aliphatic rings. The number of anilines is 3. The first-order chi connectivity index (χ1) is 16.1. The van der Waals surface area contributed by atoms with Crippen LogP contribution in [0.5, 0.6) is 0 Å². The molecule has 0 aliphatic carbocycles. The van der Waals surface area contributed by atoms with Gasteiger partial charge in [0.05, 0.1) is 31.4 Å². The molecule has 0 fully saturated rings. The molecule has 6 N–H and O–H groups in total. The molecule has 35 heavy (non-hydrogen) atoms. The van der Waals surface area contributed by atoms with Crippen LogP contribution in [0.25, 0.3) is 0 Å². The molecule has 15 heteroatoms. The zero-order valence-electron chi connectivity index (χ0n) is 18.4. The number of rotatable bonds is 10. The Balaban J connectivity index is 0.00000432. The molecular formula is C20H21CaN7O7. The fraction of sp³-hybridized carbons (Fsp3) is 0.300. The van der Waals surface area contributed by atoms with E-state index in [1.807, 2.05) is 0 Å². The number of nitrogens with one attached hydrogen (secondary N) is 4. The number of amides is 2. The van der Waals surface area contributed by atoms with E-state index in [0.717, 1.165) is 4.90 Å². The average molecular weight is 512 g/mol. The van der Waals surface area contributed by atoms with Crippen LogP contribution in [0, 0.1) is 0 Å². The van der Waals surface area contributed by atoms with Crippen molar-refractivity contribution in [3.63, 3.8) is 0 Å². The van der Waals surface area contributed by atoms with Gasteiger partial charge >= 0.3 is 37.7 Å². The largest absolute Gasteiger partial charge is 2.00 e. The first-order valence-corrected chi connectivity index (χ1v) is 10.0. The summed E-state index contributed by atoms with van der Waals surface area (Å²) in [4.78, 5) is 65.3. The van der Waals surface area contributed by atoms with Crippen molar-refractivity contribution in [3.8, 4) is 0 Å². The Kier molecular flexibility index (Phi) is 9.59. The third-order valence-corrected chi connectivity index (χ3v) is 5.19. The van der Waals surface area contributed by atoms with Crippen molar-refractivity contribution in [1.82, 2.24) is 15.3 Å². The Bertz CT molecular complexity index is 1160. The molecule has 0 radical (unpaired) electrons. The first-order valence-electron chi connectivity index (χ1n) is 10.0. The maximum Gasteiger partial charge on any atom is 2.00 e. The van der Waals surface area contributed by atoms with Gasteiger partial charge in [-0.05, 0) is 37.1 Å². The summed E-state index contributed by atoms with van der Waals surface area (Å²) in [7, 11) is 0. The number of benzene rings is 1. The molecule has 0 saturated heterocycles. The monoisotopic (exact) mass is 511 g/mol. The van der Waals surface area contributed by atoms with Crippen molar-refractivity contribution in [2.75, 3.05) is 28.6 Å². The number of carboxylic acid groups (broad SMARTS) is 2. The number of aliphatic carboxylic acids is 2. The van der Waals surface area contributed by atoms with Gasteiger partial charge in [0.25, 0.3) is 11.5 Å². The van der Waals surface area contributed by atoms with Crippen LogP contribution < -0.4 is 42.4 Å². The van der Waals surface area contributed by atoms with Crippen molar-refractivity contribution < 1.29 is 29.4 Å². The topological polar surface area (TPSA) is 225 Å². The normalized spacial score (nSPS) is 17.1. The van der Waals surface area contributed by atoms with E-state index in [0.29, 0.717) is 12.1 Å². The van der Waals surface area contributed by atoms with E-state index in [1.54, 1.807) is 0 Å². The number of carbonyl (C=O) groups excluding carboxylic acids is 4. The predicted octanol–water partition coefficient (Wildman–Crippen LogP) is -4.08. The number of nitrogens with two attached hydrogens (primary N) is 1. The molecule has 0 saturated carbocycles. The molecule has 180 valence electrons. The van der Waals surface area contributed by atoms with Gasteiger partial charge < -0.3 is 46.5 Å². The maximum atomic E-state index is 12.3. The number of carbonyl (C=O) groups is 4. The van der Waals surface area contributed by atoms with Gasteiger partial charge in [-0.25, -0.2) is 4.98 Å². The van der Waals surface area contributed by atoms with Crippen molar-refractivity contribution >= 4 is 79.2 Å². The maximum absolute atomic E-state index is 12.3. The minimum absolute atomic E-state index is 0. The molecule has 0 bridgehead atoms. The van der Waals surface area contributed by atoms with Gasteiger partial charge in [-0.2, -0.15) is 0 Å². The Morgan fingerprint density at radius 2 is 1.94 bits per heavy atom. The summed E-state index contributed by atoms with van der Waals surface area (Å²) in [6.45, 7) is 0.118. The summed E-state index contributed by atoms with van der Waals surface area (Å²) >= 11 is 0. The van der Waals surface area contributed by atoms with Crippen molar-refractivity contribution in [1.29, 1.82) is 0 Å². The van der Waals surface area contributed by atoms with Gasteiger partial charge in [-0.1, -0.05) is 0 Å². The first kappa shape index (κ1) is 28.0. The van der Waals surface area contributed by atoms with E-state index in [1.165, 1.54) is 30.6 Å². The summed E-state index contributed by atoms with van der Waals surface area (Å²) in [5.41, 5.74) is 5.14. The van der Waals surface area contributed by atoms with Crippen LogP contribution in [-0.2, 0) is 14.4 Å². The molecule has 3 rings (SSSR count). The summed E-state index contributed by atoms with van der Waals surface area (Å²) in [5, 5.41) is 29.8. The number of aromatic nitrogens is 2. The van der Waals surface area contributed by atoms with Crippen LogP contribution >= 0.6 is 0 Å². The molecule has 14 nitrogen and oxygen atoms in total. The van der Waals surface area contributed by atoms with Gasteiger partial charge in [-0.15, -0.1) is 0 Å². The SMILES string of the molecule is N[C@]1(CNc2ccc(C(=O)N[C@@H](CCC(=O)[O-])C(=O)[O-])cc2)CNc2nc[nH]c(=O)c2N1C=O.[Ca+2]. The van der Waals surface area contributed by atoms with Gasteiger partial charge in [0, 0.05) is 17.2 Å². The number of H-pyrrole nitrogens is 1. The van der Waals surface area contributed by atoms with Crippen molar-refractivity contribution in [3.05, 3.63) is 46.5 Å². The van der Waals surface area contributed by atoms with E-state index in [2.05, 4.69) is 25.9 Å². The van der Waals surface area contributed by atoms with Gasteiger partial charge in [0.15, 0.2) is 11.5 Å². The molecule has 2 aromatic rings. The summed E-state index contributed by atoms with van der Waals surface area (Å²) in [5.74, 6) is -3.57. The van der Waals surface area contributed by atoms with E-state index < -0.39 is 41.5 Å². The Hall–Kier alpha value is -3.20. The summed E-state index contributed by atoms with van der Waals surface area (Å²) in [6, 6.07) is 4.38. The van der Waals surface area contributed by atoms with Crippen LogP contribution in [0.1, 0.15) is 23.2 Å². The van der Waals surface area contributed by atoms with Crippen LogP contribution in [0.15, 0.2) is 35.4 Å². The molecule has 0 spiro atoms. The third kappa shape index (κ3) is 6.69. The third-order valence-electron chi connectivity index (χ3n) is 5.19. The Morgan fingerprint density at radius 1 is 1.26 bits per heavy atom. The molecule has 1 aromatic heterocycles. The number of hydrogen-bond donors (Lipinski definition) is 5. The van der Waals surface area contributed by atoms with E-state index in [4.69, 9.17) is 5.73 Å². The number of aromatic amines is 1. The predicted molar refractivity (Wildman–Crippen MR) is 120 cm³/mol. The van der Waals surface area contributed by atoms with Crippen LogP contribution in [0.2, 0.25) is 0 Å². The quantitative estimate of drug-likeness (QED) is 0.152. The average Bonchev–Trinajstić information content (AvgIpc) is 2.81. The molecule has 2 heterocycles. The van der Waals surface area contributed by atoms with Crippen LogP contribution in [0.3, 0.4) is 0 Å². The van der Waals surface area contributed by atoms with Gasteiger partial charge in [0.2, 0.25) is 6.41 Å². The number of fused-ring (bicyclic) bond motifs is 1. The van der Waals surface area contributed by atoms with Gasteiger partial charge in [0.1, 0.15) is 5.66 Å². The van der Waals surface area contributed by atoms with Crippen LogP contribution in [0.4, 0.5) is 17.2 Å². The molecular weight excluding hydrogens is 490 g/mol. The molecule has 1 aliphatic heterocycles. The number of carboxylic acids is 2. The second-order valence-corrected chi connectivity index (χ2v) is 7.55. The van der Waals surface area contributed by atoms with E-state index >= 15 is 0 Å². The second-order valence-electron chi connectivity index (χ2n) is 7.55. The zero-order chi connectivity index (χ0) is 24.9. The number of hydrogen-bond acceptors (Lipinski definition) is 11. The van der Waals surface area contributed by atoms with Crippen LogP contribution in [-0.4, -0.2) is 96.8 Å². The molecule has 0 unspecified atom stereocenters. The van der Waals surface area contributed by atoms with E-state index in [-0.39, 0.29) is 74.3 Å². The van der Waals surface area contributed by atoms with Crippen molar-refractivity contribution in [2.24, 2.45) is 5.73 Å². The summed E-state index contributed by atoms with van der Waals surface area (Å²) < 4.78 is 0. The van der Waals surface area contributed by atoms with Gasteiger partial charge in [-0.3, -0.25) is 19.3 Å². The molecule has 2 atom stereocenters. The smallest absolute Gasteiger partial charge is 0.550 e.